The van der Waals surface area contributed by atoms with E-state index in [1.807, 2.05) is 6.26 Å². The second-order valence-electron chi connectivity index (χ2n) is 2.42. The van der Waals surface area contributed by atoms with Gasteiger partial charge in [0, 0.05) is 0 Å². The molecule has 0 atom stereocenters. The third-order valence-electron chi connectivity index (χ3n) is 1.46. The molecule has 4 nitrogen and oxygen atoms in total. The van der Waals surface area contributed by atoms with Crippen LogP contribution in [0, 0.1) is 0 Å². The van der Waals surface area contributed by atoms with Gasteiger partial charge in [-0.25, -0.2) is 9.97 Å². The van der Waals surface area contributed by atoms with Crippen LogP contribution in [0.15, 0.2) is 24.5 Å². The Bertz CT molecular complexity index is 506. The third-order valence-corrected chi connectivity index (χ3v) is 5.94. The minimum Gasteiger partial charge on any atom is -0.228 e. The minimum absolute atomic E-state index is 0.395. The molecule has 0 unspecified atom stereocenters. The molecule has 2 heterocycles. The van der Waals surface area contributed by atoms with Crippen molar-refractivity contribution in [3.05, 3.63) is 16.0 Å². The summed E-state index contributed by atoms with van der Waals surface area (Å²) >= 11 is 13.7. The van der Waals surface area contributed by atoms with Crippen LogP contribution in [0.3, 0.4) is 0 Å². The highest BCUT2D eigenvalue weighted by Gasteiger charge is 2.11. The van der Waals surface area contributed by atoms with Crippen molar-refractivity contribution < 1.29 is 0 Å². The average molecular weight is 356 g/mol. The molecule has 0 saturated carbocycles. The van der Waals surface area contributed by atoms with Gasteiger partial charge in [0.1, 0.15) is 16.5 Å². The zero-order valence-corrected chi connectivity index (χ0v) is 12.6. The number of halogens is 2. The molecule has 0 N–H and O–H groups in total. The van der Waals surface area contributed by atoms with E-state index in [-0.39, 0.29) is 0 Å². The number of nitrogens with zero attached hydrogens (tertiary/aromatic N) is 4. The minimum atomic E-state index is 0.395. The van der Waals surface area contributed by atoms with E-state index in [0.717, 1.165) is 13.7 Å². The standard InChI is InChI=1S/C7H4BrClN4S3/c1-14-6-12-13-7(16-6)15-5-3(8)4(9)10-2-11-5/h2H,1H3. The molecule has 0 aliphatic carbocycles. The van der Waals surface area contributed by atoms with Crippen molar-refractivity contribution in [2.75, 3.05) is 6.26 Å². The van der Waals surface area contributed by atoms with Crippen molar-refractivity contribution in [1.29, 1.82) is 0 Å². The molecule has 2 aromatic rings. The van der Waals surface area contributed by atoms with Gasteiger partial charge in [-0.15, -0.1) is 10.2 Å². The molecule has 2 rings (SSSR count). The largest absolute Gasteiger partial charge is 0.228 e. The number of aromatic nitrogens is 4. The van der Waals surface area contributed by atoms with Gasteiger partial charge >= 0.3 is 0 Å². The molecule has 0 aliphatic heterocycles. The van der Waals surface area contributed by atoms with Gasteiger partial charge in [-0.3, -0.25) is 0 Å². The van der Waals surface area contributed by atoms with Crippen molar-refractivity contribution in [2.45, 2.75) is 13.7 Å². The van der Waals surface area contributed by atoms with Crippen molar-refractivity contribution in [3.8, 4) is 0 Å². The van der Waals surface area contributed by atoms with Gasteiger partial charge in [0.25, 0.3) is 0 Å². The third kappa shape index (κ3) is 2.86. The Morgan fingerprint density at radius 2 is 2.06 bits per heavy atom. The van der Waals surface area contributed by atoms with Gasteiger partial charge < -0.3 is 0 Å². The summed E-state index contributed by atoms with van der Waals surface area (Å²) in [5, 5.41) is 9.18. The zero-order valence-electron chi connectivity index (χ0n) is 7.85. The number of hydrogen-bond acceptors (Lipinski definition) is 7. The first-order chi connectivity index (χ1) is 7.70. The predicted molar refractivity (Wildman–Crippen MR) is 70.6 cm³/mol. The van der Waals surface area contributed by atoms with Crippen LogP contribution in [0.4, 0.5) is 0 Å². The average Bonchev–Trinajstić information content (AvgIpc) is 2.73. The molecule has 0 aromatic carbocycles. The summed E-state index contributed by atoms with van der Waals surface area (Å²) in [5.74, 6) is 0. The molecule has 16 heavy (non-hydrogen) atoms. The van der Waals surface area contributed by atoms with Gasteiger partial charge in [-0.1, -0.05) is 34.7 Å². The normalized spacial score (nSPS) is 10.7. The van der Waals surface area contributed by atoms with E-state index in [0.29, 0.717) is 9.63 Å². The van der Waals surface area contributed by atoms with Gasteiger partial charge in [0.15, 0.2) is 8.68 Å². The molecule has 0 radical (unpaired) electrons. The van der Waals surface area contributed by atoms with Crippen LogP contribution in [0.25, 0.3) is 0 Å². The Morgan fingerprint density at radius 1 is 1.31 bits per heavy atom. The first-order valence-corrected chi connectivity index (χ1v) is 7.95. The SMILES string of the molecule is CSc1nnc(Sc2ncnc(Cl)c2Br)s1. The Hall–Kier alpha value is 0.110. The summed E-state index contributed by atoms with van der Waals surface area (Å²) in [7, 11) is 0. The summed E-state index contributed by atoms with van der Waals surface area (Å²) in [4.78, 5) is 7.98. The van der Waals surface area contributed by atoms with E-state index in [1.165, 1.54) is 29.4 Å². The lowest BCUT2D eigenvalue weighted by Gasteiger charge is -1.99. The maximum atomic E-state index is 5.86. The molecule has 2 aromatic heterocycles. The summed E-state index contributed by atoms with van der Waals surface area (Å²) < 4.78 is 2.45. The topological polar surface area (TPSA) is 51.6 Å². The van der Waals surface area contributed by atoms with Crippen LogP contribution in [0.5, 0.6) is 0 Å². The van der Waals surface area contributed by atoms with E-state index in [9.17, 15) is 0 Å². The van der Waals surface area contributed by atoms with Crippen molar-refractivity contribution in [2.24, 2.45) is 0 Å². The van der Waals surface area contributed by atoms with Gasteiger partial charge in [-0.2, -0.15) is 0 Å². The van der Waals surface area contributed by atoms with Gasteiger partial charge in [0.2, 0.25) is 0 Å². The molecular formula is C7H4BrClN4S3. The lowest BCUT2D eigenvalue weighted by Crippen LogP contribution is -1.86. The first kappa shape index (κ1) is 12.6. The fourth-order valence-corrected chi connectivity index (χ4v) is 3.78. The van der Waals surface area contributed by atoms with Crippen LogP contribution < -0.4 is 0 Å². The summed E-state index contributed by atoms with van der Waals surface area (Å²) in [6, 6.07) is 0. The van der Waals surface area contributed by atoms with Crippen LogP contribution in [0.2, 0.25) is 5.15 Å². The fourth-order valence-electron chi connectivity index (χ4n) is 0.808. The van der Waals surface area contributed by atoms with Crippen molar-refractivity contribution in [3.63, 3.8) is 0 Å². The summed E-state index contributed by atoms with van der Waals surface area (Å²) in [6.45, 7) is 0. The number of thioether (sulfide) groups is 1. The highest BCUT2D eigenvalue weighted by atomic mass is 79.9. The molecule has 0 amide bonds. The lowest BCUT2D eigenvalue weighted by molar-refractivity contribution is 0.950. The Kier molecular flexibility index (Phi) is 4.42. The smallest absolute Gasteiger partial charge is 0.181 e. The van der Waals surface area contributed by atoms with E-state index in [2.05, 4.69) is 36.1 Å². The van der Waals surface area contributed by atoms with E-state index >= 15 is 0 Å². The Labute approximate surface area is 118 Å². The zero-order chi connectivity index (χ0) is 11.5. The van der Waals surface area contributed by atoms with Crippen LogP contribution >= 0.6 is 62.4 Å². The highest BCUT2D eigenvalue weighted by molar-refractivity contribution is 9.10. The second-order valence-corrected chi connectivity index (χ2v) is 6.84. The predicted octanol–water partition coefficient (Wildman–Crippen LogP) is 3.62. The molecule has 84 valence electrons. The molecule has 0 bridgehead atoms. The summed E-state index contributed by atoms with van der Waals surface area (Å²) in [6.07, 6.45) is 3.39. The van der Waals surface area contributed by atoms with Crippen LogP contribution in [-0.2, 0) is 0 Å². The quantitative estimate of drug-likeness (QED) is 0.619. The van der Waals surface area contributed by atoms with Crippen molar-refractivity contribution in [1.82, 2.24) is 20.2 Å². The molecule has 9 heteroatoms. The lowest BCUT2D eigenvalue weighted by atomic mass is 10.7. The Morgan fingerprint density at radius 3 is 2.75 bits per heavy atom. The highest BCUT2D eigenvalue weighted by Crippen LogP contribution is 2.36. The Balaban J connectivity index is 2.23. The molecular weight excluding hydrogens is 352 g/mol. The first-order valence-electron chi connectivity index (χ1n) is 3.92. The number of rotatable bonds is 3. The maximum Gasteiger partial charge on any atom is 0.181 e. The fraction of sp³-hybridized carbons (Fsp3) is 0.143. The molecule has 0 spiro atoms. The monoisotopic (exact) mass is 354 g/mol. The van der Waals surface area contributed by atoms with Crippen LogP contribution in [0.1, 0.15) is 0 Å². The van der Waals surface area contributed by atoms with E-state index in [4.69, 9.17) is 11.6 Å². The van der Waals surface area contributed by atoms with E-state index < -0.39 is 0 Å². The second kappa shape index (κ2) is 5.63. The van der Waals surface area contributed by atoms with Crippen LogP contribution in [-0.4, -0.2) is 26.4 Å². The van der Waals surface area contributed by atoms with Gasteiger partial charge in [0.05, 0.1) is 4.47 Å². The maximum absolute atomic E-state index is 5.86. The molecule has 0 saturated heterocycles. The van der Waals surface area contributed by atoms with Crippen molar-refractivity contribution >= 4 is 62.4 Å². The molecule has 0 aliphatic rings. The number of hydrogen-bond donors (Lipinski definition) is 0. The van der Waals surface area contributed by atoms with Gasteiger partial charge in [-0.05, 0) is 33.9 Å². The van der Waals surface area contributed by atoms with E-state index in [1.54, 1.807) is 11.8 Å². The molecule has 0 fully saturated rings. The summed E-state index contributed by atoms with van der Waals surface area (Å²) in [5.41, 5.74) is 0.